The molecule has 1 saturated carbocycles. The Hall–Kier alpha value is -1.81. The van der Waals surface area contributed by atoms with Crippen LogP contribution in [-0.2, 0) is 19.1 Å². The number of carbonyl (C=O) groups excluding carboxylic acids is 2. The molecule has 5 N–H and O–H groups in total. The van der Waals surface area contributed by atoms with Gasteiger partial charge < -0.3 is 30.3 Å². The van der Waals surface area contributed by atoms with Crippen molar-refractivity contribution in [2.75, 3.05) is 0 Å². The number of carbonyl (C=O) groups is 3. The molecule has 0 radical (unpaired) electrons. The van der Waals surface area contributed by atoms with Crippen LogP contribution in [0.3, 0.4) is 0 Å². The van der Waals surface area contributed by atoms with E-state index in [2.05, 4.69) is 0 Å². The van der Waals surface area contributed by atoms with Crippen molar-refractivity contribution in [3.63, 3.8) is 0 Å². The quantitative estimate of drug-likeness (QED) is 0.300. The topological polar surface area (TPSA) is 162 Å². The molecule has 0 aromatic carbocycles. The fourth-order valence-corrected chi connectivity index (χ4v) is 4.75. The van der Waals surface area contributed by atoms with Crippen LogP contribution >= 0.6 is 0 Å². The third kappa shape index (κ3) is 6.37. The van der Waals surface area contributed by atoms with Crippen LogP contribution < -0.4 is 0 Å². The number of aliphatic hydroxyl groups excluding tert-OH is 4. The van der Waals surface area contributed by atoms with E-state index in [0.29, 0.717) is 18.4 Å². The highest BCUT2D eigenvalue weighted by Crippen LogP contribution is 2.45. The minimum Gasteiger partial charge on any atom is -0.481 e. The highest BCUT2D eigenvalue weighted by molar-refractivity contribution is 5.93. The Morgan fingerprint density at radius 2 is 1.88 bits per heavy atom. The minimum atomic E-state index is -1.24. The van der Waals surface area contributed by atoms with Crippen molar-refractivity contribution in [2.24, 2.45) is 23.7 Å². The van der Waals surface area contributed by atoms with Crippen LogP contribution in [0.1, 0.15) is 59.3 Å². The molecule has 2 rings (SSSR count). The Balaban J connectivity index is 2.20. The molecule has 0 saturated heterocycles. The fraction of sp³-hybridized carbons (Fsp3) is 0.783. The Kier molecular flexibility index (Phi) is 9.39. The van der Waals surface area contributed by atoms with E-state index >= 15 is 0 Å². The average Bonchev–Trinajstić information content (AvgIpc) is 2.70. The van der Waals surface area contributed by atoms with Crippen LogP contribution in [0.15, 0.2) is 11.6 Å². The number of esters is 1. The SMILES string of the molecule is CC[C@H](C)C(=O)O[C@H]1C[C@H](O)C(O)C2=CC(=O)[C@H](C)[C@H](CC[C@@H](O)C[C@@H](O)CC(=O)O)[C@H]21. The van der Waals surface area contributed by atoms with Gasteiger partial charge in [0.15, 0.2) is 5.78 Å². The van der Waals surface area contributed by atoms with Crippen molar-refractivity contribution < 1.29 is 44.7 Å². The van der Waals surface area contributed by atoms with Gasteiger partial charge in [0.05, 0.1) is 30.7 Å². The van der Waals surface area contributed by atoms with Gasteiger partial charge in [-0.25, -0.2) is 0 Å². The Bertz CT molecular complexity index is 718. The molecular weight excluding hydrogens is 420 g/mol. The molecule has 9 nitrogen and oxygen atoms in total. The van der Waals surface area contributed by atoms with Crippen LogP contribution in [0, 0.1) is 23.7 Å². The standard InChI is InChI=1S/C23H36O9/c1-4-11(2)23(31)32-19-10-18(27)22(30)16-9-17(26)12(3)15(21(16)19)6-5-13(24)7-14(25)8-20(28)29/h9,11-15,18-19,21-22,24-25,27,30H,4-8,10H2,1-3H3,(H,28,29)/t11-,12+,13+,14+,15-,18-,19-,21+,22?/m0/s1. The summed E-state index contributed by atoms with van der Waals surface area (Å²) in [7, 11) is 0. The van der Waals surface area contributed by atoms with E-state index in [1.54, 1.807) is 13.8 Å². The monoisotopic (exact) mass is 456 g/mol. The second-order valence-corrected chi connectivity index (χ2v) is 9.28. The van der Waals surface area contributed by atoms with E-state index in [-0.39, 0.29) is 36.9 Å². The fourth-order valence-electron chi connectivity index (χ4n) is 4.75. The average molecular weight is 457 g/mol. The Morgan fingerprint density at radius 1 is 1.22 bits per heavy atom. The number of aliphatic hydroxyl groups is 4. The molecule has 0 bridgehead atoms. The van der Waals surface area contributed by atoms with Crippen molar-refractivity contribution >= 4 is 17.7 Å². The molecule has 0 heterocycles. The number of fused-ring (bicyclic) bond motifs is 1. The molecule has 1 fully saturated rings. The van der Waals surface area contributed by atoms with Gasteiger partial charge >= 0.3 is 11.9 Å². The van der Waals surface area contributed by atoms with Crippen molar-refractivity contribution in [1.29, 1.82) is 0 Å². The molecule has 2 aliphatic carbocycles. The summed E-state index contributed by atoms with van der Waals surface area (Å²) in [6.07, 6.45) is -3.32. The number of rotatable bonds is 10. The van der Waals surface area contributed by atoms with Crippen LogP contribution in [0.25, 0.3) is 0 Å². The molecule has 0 aromatic heterocycles. The molecule has 32 heavy (non-hydrogen) atoms. The third-order valence-corrected chi connectivity index (χ3v) is 6.90. The molecule has 2 aliphatic rings. The number of carboxylic acids is 1. The first-order valence-electron chi connectivity index (χ1n) is 11.4. The number of allylic oxidation sites excluding steroid dienone is 1. The van der Waals surface area contributed by atoms with Gasteiger partial charge in [-0.2, -0.15) is 0 Å². The van der Waals surface area contributed by atoms with Gasteiger partial charge in [-0.05, 0) is 43.3 Å². The van der Waals surface area contributed by atoms with Crippen molar-refractivity contribution in [1.82, 2.24) is 0 Å². The van der Waals surface area contributed by atoms with E-state index in [0.717, 1.165) is 0 Å². The first kappa shape index (κ1) is 26.4. The largest absolute Gasteiger partial charge is 0.481 e. The van der Waals surface area contributed by atoms with E-state index < -0.39 is 60.7 Å². The lowest BCUT2D eigenvalue weighted by atomic mass is 9.62. The van der Waals surface area contributed by atoms with Gasteiger partial charge in [-0.3, -0.25) is 14.4 Å². The third-order valence-electron chi connectivity index (χ3n) is 6.90. The maximum atomic E-state index is 12.6. The van der Waals surface area contributed by atoms with Crippen molar-refractivity contribution in [3.05, 3.63) is 11.6 Å². The summed E-state index contributed by atoms with van der Waals surface area (Å²) in [5.74, 6) is -3.39. The molecule has 1 unspecified atom stereocenters. The molecule has 0 aromatic rings. The number of hydrogen-bond acceptors (Lipinski definition) is 8. The second kappa shape index (κ2) is 11.4. The molecule has 0 amide bonds. The van der Waals surface area contributed by atoms with Crippen LogP contribution in [0.5, 0.6) is 0 Å². The summed E-state index contributed by atoms with van der Waals surface area (Å²) in [5, 5.41) is 49.7. The van der Waals surface area contributed by atoms with Crippen LogP contribution in [-0.4, -0.2) is 73.8 Å². The van der Waals surface area contributed by atoms with Gasteiger partial charge in [0.1, 0.15) is 12.2 Å². The highest BCUT2D eigenvalue weighted by Gasteiger charge is 2.49. The number of hydrogen-bond donors (Lipinski definition) is 5. The normalized spacial score (nSPS) is 33.0. The lowest BCUT2D eigenvalue weighted by Crippen LogP contribution is -2.52. The lowest BCUT2D eigenvalue weighted by Gasteiger charge is -2.46. The van der Waals surface area contributed by atoms with Crippen LogP contribution in [0.4, 0.5) is 0 Å². The smallest absolute Gasteiger partial charge is 0.308 e. The van der Waals surface area contributed by atoms with E-state index in [1.165, 1.54) is 6.08 Å². The molecule has 9 atom stereocenters. The summed E-state index contributed by atoms with van der Waals surface area (Å²) >= 11 is 0. The van der Waals surface area contributed by atoms with Gasteiger partial charge in [0, 0.05) is 18.3 Å². The molecule has 182 valence electrons. The number of ketones is 1. The highest BCUT2D eigenvalue weighted by atomic mass is 16.5. The molecule has 0 spiro atoms. The van der Waals surface area contributed by atoms with Crippen molar-refractivity contribution in [2.45, 2.75) is 89.8 Å². The van der Waals surface area contributed by atoms with Gasteiger partial charge in [0.2, 0.25) is 0 Å². The van der Waals surface area contributed by atoms with E-state index in [4.69, 9.17) is 9.84 Å². The van der Waals surface area contributed by atoms with E-state index in [1.807, 2.05) is 6.92 Å². The Morgan fingerprint density at radius 3 is 2.47 bits per heavy atom. The minimum absolute atomic E-state index is 0.0443. The molecule has 0 aliphatic heterocycles. The number of aliphatic carboxylic acids is 1. The summed E-state index contributed by atoms with van der Waals surface area (Å²) in [6.45, 7) is 5.36. The predicted molar refractivity (Wildman–Crippen MR) is 113 cm³/mol. The van der Waals surface area contributed by atoms with Gasteiger partial charge in [0.25, 0.3) is 0 Å². The summed E-state index contributed by atoms with van der Waals surface area (Å²) in [5.41, 5.74) is 0.346. The second-order valence-electron chi connectivity index (χ2n) is 9.28. The lowest BCUT2D eigenvalue weighted by molar-refractivity contribution is -0.164. The zero-order valence-corrected chi connectivity index (χ0v) is 18.9. The van der Waals surface area contributed by atoms with Crippen LogP contribution in [0.2, 0.25) is 0 Å². The first-order valence-corrected chi connectivity index (χ1v) is 11.4. The molecule has 9 heteroatoms. The summed E-state index contributed by atoms with van der Waals surface area (Å²) in [6, 6.07) is 0. The predicted octanol–water partition coefficient (Wildman–Crippen LogP) is 0.814. The maximum Gasteiger partial charge on any atom is 0.308 e. The summed E-state index contributed by atoms with van der Waals surface area (Å²) < 4.78 is 5.73. The Labute approximate surface area is 188 Å². The summed E-state index contributed by atoms with van der Waals surface area (Å²) in [4.78, 5) is 35.8. The zero-order chi connectivity index (χ0) is 24.2. The van der Waals surface area contributed by atoms with Gasteiger partial charge in [-0.1, -0.05) is 20.8 Å². The van der Waals surface area contributed by atoms with E-state index in [9.17, 15) is 34.8 Å². The first-order chi connectivity index (χ1) is 15.0. The number of ether oxygens (including phenoxy) is 1. The maximum absolute atomic E-state index is 12.6. The molecular formula is C23H36O9. The number of carboxylic acid groups (broad SMARTS) is 1. The zero-order valence-electron chi connectivity index (χ0n) is 18.9. The van der Waals surface area contributed by atoms with Gasteiger partial charge in [-0.15, -0.1) is 0 Å². The van der Waals surface area contributed by atoms with Crippen molar-refractivity contribution in [3.8, 4) is 0 Å².